The molecule has 0 saturated heterocycles. The van der Waals surface area contributed by atoms with Gasteiger partial charge in [-0.2, -0.15) is 0 Å². The number of methoxy groups -OCH3 is 1. The van der Waals surface area contributed by atoms with Gasteiger partial charge in [0.1, 0.15) is 5.75 Å². The Morgan fingerprint density at radius 3 is 2.55 bits per heavy atom. The molecule has 0 aliphatic heterocycles. The lowest BCUT2D eigenvalue weighted by Gasteiger charge is -2.07. The topological polar surface area (TPSA) is 84.5 Å². The first-order chi connectivity index (χ1) is 9.48. The van der Waals surface area contributed by atoms with Crippen molar-refractivity contribution in [2.24, 2.45) is 0 Å². The first-order valence-electron chi connectivity index (χ1n) is 5.99. The molecule has 0 spiro atoms. The molecule has 0 unspecified atom stereocenters. The number of hydrogen-bond acceptors (Lipinski definition) is 4. The van der Waals surface area contributed by atoms with E-state index < -0.39 is 10.0 Å². The summed E-state index contributed by atoms with van der Waals surface area (Å²) in [6.45, 7) is 3.63. The van der Waals surface area contributed by atoms with E-state index in [1.807, 2.05) is 0 Å². The quantitative estimate of drug-likeness (QED) is 0.686. The number of nitrogens with one attached hydrogen (secondary N) is 2. The van der Waals surface area contributed by atoms with Crippen LogP contribution in [0.15, 0.2) is 36.9 Å². The molecule has 2 N–H and O–H groups in total. The van der Waals surface area contributed by atoms with Gasteiger partial charge in [-0.15, -0.1) is 6.58 Å². The molecule has 0 bridgehead atoms. The SMILES string of the molecule is C=CCNS(=O)(=O)CCNC(=O)c1ccc(OC)cc1. The molecule has 6 nitrogen and oxygen atoms in total. The molecular formula is C13H18N2O4S. The van der Waals surface area contributed by atoms with Crippen LogP contribution in [-0.4, -0.2) is 40.3 Å². The second-order valence-electron chi connectivity index (χ2n) is 3.94. The maximum Gasteiger partial charge on any atom is 0.251 e. The largest absolute Gasteiger partial charge is 0.497 e. The van der Waals surface area contributed by atoms with E-state index in [1.54, 1.807) is 24.3 Å². The van der Waals surface area contributed by atoms with E-state index in [2.05, 4.69) is 16.6 Å². The predicted molar refractivity (Wildman–Crippen MR) is 77.3 cm³/mol. The van der Waals surface area contributed by atoms with Crippen LogP contribution >= 0.6 is 0 Å². The average Bonchev–Trinajstić information content (AvgIpc) is 2.45. The van der Waals surface area contributed by atoms with Gasteiger partial charge in [-0.3, -0.25) is 4.79 Å². The Labute approximate surface area is 118 Å². The molecule has 0 aliphatic rings. The molecule has 0 heterocycles. The molecular weight excluding hydrogens is 280 g/mol. The standard InChI is InChI=1S/C13H18N2O4S/c1-3-8-15-20(17,18)10-9-14-13(16)11-4-6-12(19-2)7-5-11/h3-7,15H,1,8-10H2,2H3,(H,14,16). The van der Waals surface area contributed by atoms with Crippen LogP contribution in [0.1, 0.15) is 10.4 Å². The second-order valence-corrected chi connectivity index (χ2v) is 5.87. The highest BCUT2D eigenvalue weighted by Crippen LogP contribution is 2.10. The summed E-state index contributed by atoms with van der Waals surface area (Å²) in [5, 5.41) is 2.54. The van der Waals surface area contributed by atoms with Crippen molar-refractivity contribution in [1.82, 2.24) is 10.0 Å². The summed E-state index contributed by atoms with van der Waals surface area (Å²) in [5.74, 6) is 0.146. The molecule has 1 aromatic rings. The third kappa shape index (κ3) is 5.41. The summed E-state index contributed by atoms with van der Waals surface area (Å²) in [5.41, 5.74) is 0.447. The van der Waals surface area contributed by atoms with Gasteiger partial charge in [-0.25, -0.2) is 13.1 Å². The van der Waals surface area contributed by atoms with E-state index >= 15 is 0 Å². The molecule has 20 heavy (non-hydrogen) atoms. The molecule has 0 aliphatic carbocycles. The number of sulfonamides is 1. The van der Waals surface area contributed by atoms with Crippen LogP contribution in [0, 0.1) is 0 Å². The zero-order valence-corrected chi connectivity index (χ0v) is 12.1. The molecule has 1 aromatic carbocycles. The summed E-state index contributed by atoms with van der Waals surface area (Å²) in [4.78, 5) is 11.8. The summed E-state index contributed by atoms with van der Waals surface area (Å²) < 4.78 is 30.2. The molecule has 7 heteroatoms. The Bertz CT molecular complexity index is 552. The van der Waals surface area contributed by atoms with Crippen LogP contribution in [0.2, 0.25) is 0 Å². The van der Waals surface area contributed by atoms with E-state index in [9.17, 15) is 13.2 Å². The molecule has 0 fully saturated rings. The van der Waals surface area contributed by atoms with Crippen molar-refractivity contribution in [3.05, 3.63) is 42.5 Å². The number of carbonyl (C=O) groups excluding carboxylic acids is 1. The number of ether oxygens (including phenoxy) is 1. The van der Waals surface area contributed by atoms with Crippen LogP contribution in [0.5, 0.6) is 5.75 Å². The third-order valence-corrected chi connectivity index (χ3v) is 3.80. The van der Waals surface area contributed by atoms with E-state index in [4.69, 9.17) is 4.74 Å². The van der Waals surface area contributed by atoms with Crippen molar-refractivity contribution in [1.29, 1.82) is 0 Å². The van der Waals surface area contributed by atoms with Gasteiger partial charge in [0, 0.05) is 18.7 Å². The predicted octanol–water partition coefficient (Wildman–Crippen LogP) is 0.530. The minimum absolute atomic E-state index is 0.0390. The van der Waals surface area contributed by atoms with Crippen LogP contribution in [0.4, 0.5) is 0 Å². The van der Waals surface area contributed by atoms with E-state index in [-0.39, 0.29) is 24.7 Å². The van der Waals surface area contributed by atoms with Crippen molar-refractivity contribution < 1.29 is 17.9 Å². The highest BCUT2D eigenvalue weighted by molar-refractivity contribution is 7.89. The summed E-state index contributed by atoms with van der Waals surface area (Å²) in [7, 11) is -1.85. The molecule has 110 valence electrons. The van der Waals surface area contributed by atoms with Crippen LogP contribution in [0.3, 0.4) is 0 Å². The van der Waals surface area contributed by atoms with E-state index in [0.717, 1.165) is 0 Å². The van der Waals surface area contributed by atoms with Gasteiger partial charge < -0.3 is 10.1 Å². The number of rotatable bonds is 8. The van der Waals surface area contributed by atoms with Gasteiger partial charge in [-0.1, -0.05) is 6.08 Å². The van der Waals surface area contributed by atoms with Crippen LogP contribution < -0.4 is 14.8 Å². The molecule has 1 amide bonds. The Morgan fingerprint density at radius 1 is 1.35 bits per heavy atom. The highest BCUT2D eigenvalue weighted by atomic mass is 32.2. The Morgan fingerprint density at radius 2 is 2.00 bits per heavy atom. The fraction of sp³-hybridized carbons (Fsp3) is 0.308. The zero-order chi connectivity index (χ0) is 15.0. The molecule has 0 aromatic heterocycles. The van der Waals surface area contributed by atoms with Crippen LogP contribution in [-0.2, 0) is 10.0 Å². The minimum Gasteiger partial charge on any atom is -0.497 e. The normalized spacial score (nSPS) is 10.8. The van der Waals surface area contributed by atoms with Gasteiger partial charge in [0.15, 0.2) is 0 Å². The molecule has 0 saturated carbocycles. The Balaban J connectivity index is 2.45. The van der Waals surface area contributed by atoms with E-state index in [0.29, 0.717) is 11.3 Å². The Kier molecular flexibility index (Phi) is 6.20. The molecule has 1 rings (SSSR count). The third-order valence-electron chi connectivity index (χ3n) is 2.46. The zero-order valence-electron chi connectivity index (χ0n) is 11.3. The van der Waals surface area contributed by atoms with Crippen molar-refractivity contribution in [2.45, 2.75) is 0 Å². The molecule has 0 atom stereocenters. The monoisotopic (exact) mass is 298 g/mol. The highest BCUT2D eigenvalue weighted by Gasteiger charge is 2.10. The second kappa shape index (κ2) is 7.66. The van der Waals surface area contributed by atoms with Gasteiger partial charge in [0.25, 0.3) is 5.91 Å². The summed E-state index contributed by atoms with van der Waals surface area (Å²) in [6.07, 6.45) is 1.45. The van der Waals surface area contributed by atoms with Gasteiger partial charge in [0.2, 0.25) is 10.0 Å². The van der Waals surface area contributed by atoms with Crippen molar-refractivity contribution in [3.8, 4) is 5.75 Å². The first kappa shape index (κ1) is 16.2. The fourth-order valence-corrected chi connectivity index (χ4v) is 2.29. The fourth-order valence-electron chi connectivity index (χ4n) is 1.40. The maximum absolute atomic E-state index is 11.8. The van der Waals surface area contributed by atoms with E-state index in [1.165, 1.54) is 13.2 Å². The number of benzene rings is 1. The Hall–Kier alpha value is -1.86. The number of amides is 1. The van der Waals surface area contributed by atoms with Crippen molar-refractivity contribution >= 4 is 15.9 Å². The average molecular weight is 298 g/mol. The summed E-state index contributed by atoms with van der Waals surface area (Å²) >= 11 is 0. The summed E-state index contributed by atoms with van der Waals surface area (Å²) in [6, 6.07) is 6.55. The molecule has 0 radical (unpaired) electrons. The minimum atomic E-state index is -3.39. The lowest BCUT2D eigenvalue weighted by molar-refractivity contribution is 0.0956. The van der Waals surface area contributed by atoms with Crippen LogP contribution in [0.25, 0.3) is 0 Å². The van der Waals surface area contributed by atoms with Gasteiger partial charge >= 0.3 is 0 Å². The van der Waals surface area contributed by atoms with Crippen molar-refractivity contribution in [2.75, 3.05) is 26.0 Å². The van der Waals surface area contributed by atoms with Crippen molar-refractivity contribution in [3.63, 3.8) is 0 Å². The lowest BCUT2D eigenvalue weighted by Crippen LogP contribution is -2.34. The number of hydrogen-bond donors (Lipinski definition) is 2. The first-order valence-corrected chi connectivity index (χ1v) is 7.64. The smallest absolute Gasteiger partial charge is 0.251 e. The lowest BCUT2D eigenvalue weighted by atomic mass is 10.2. The van der Waals surface area contributed by atoms with Gasteiger partial charge in [0.05, 0.1) is 12.9 Å². The maximum atomic E-state index is 11.8. The van der Waals surface area contributed by atoms with Gasteiger partial charge in [-0.05, 0) is 24.3 Å². The number of carbonyl (C=O) groups is 1.